The van der Waals surface area contributed by atoms with Gasteiger partial charge in [-0.2, -0.15) is 0 Å². The molecule has 0 spiro atoms. The number of esters is 1. The molecule has 10 heavy (non-hydrogen) atoms. The van der Waals surface area contributed by atoms with E-state index >= 15 is 0 Å². The Bertz CT molecular complexity index is 167. The summed E-state index contributed by atoms with van der Waals surface area (Å²) in [6.45, 7) is 0.0484. The fourth-order valence-corrected chi connectivity index (χ4v) is 0.684. The first-order chi connectivity index (χ1) is 4.83. The molecule has 1 heterocycles. The van der Waals surface area contributed by atoms with E-state index < -0.39 is 6.67 Å². The van der Waals surface area contributed by atoms with Gasteiger partial charge in [-0.15, -0.1) is 0 Å². The summed E-state index contributed by atoms with van der Waals surface area (Å²) in [6, 6.07) is 0. The molecule has 0 saturated carbocycles. The monoisotopic (exact) mass is 145 g/mol. The molecular weight excluding hydrogens is 137 g/mol. The third-order valence-electron chi connectivity index (χ3n) is 1.11. The van der Waals surface area contributed by atoms with Crippen LogP contribution in [0.1, 0.15) is 0 Å². The maximum Gasteiger partial charge on any atom is 0.333 e. The molecule has 0 radical (unpaired) electrons. The molecule has 0 aromatic carbocycles. The van der Waals surface area contributed by atoms with E-state index in [1.54, 1.807) is 0 Å². The van der Waals surface area contributed by atoms with Crippen molar-refractivity contribution in [1.29, 1.82) is 0 Å². The van der Waals surface area contributed by atoms with Crippen LogP contribution >= 0.6 is 0 Å². The zero-order valence-electron chi connectivity index (χ0n) is 5.39. The predicted molar refractivity (Wildman–Crippen MR) is 33.0 cm³/mol. The molecule has 0 saturated heterocycles. The van der Waals surface area contributed by atoms with Crippen LogP contribution in [0.15, 0.2) is 11.8 Å². The Kier molecular flexibility index (Phi) is 2.25. The van der Waals surface area contributed by atoms with E-state index in [4.69, 9.17) is 0 Å². The lowest BCUT2D eigenvalue weighted by Crippen LogP contribution is -2.16. The van der Waals surface area contributed by atoms with Gasteiger partial charge in [0, 0.05) is 12.6 Å². The van der Waals surface area contributed by atoms with Crippen molar-refractivity contribution >= 4 is 5.97 Å². The number of carbonyl (C=O) groups excluding carboxylic acids is 1. The average molecular weight is 145 g/mol. The number of carbonyl (C=O) groups is 1. The molecular formula is C6H8FNO2. The third kappa shape index (κ3) is 1.72. The van der Waals surface area contributed by atoms with Crippen LogP contribution < -0.4 is 5.32 Å². The second kappa shape index (κ2) is 3.20. The Hall–Kier alpha value is -1.06. The first-order valence-corrected chi connectivity index (χ1v) is 3.00. The maximum atomic E-state index is 11.5. The molecule has 3 nitrogen and oxygen atoms in total. The molecule has 1 rings (SSSR count). The summed E-state index contributed by atoms with van der Waals surface area (Å²) in [5, 5.41) is 2.70. The molecule has 0 atom stereocenters. The lowest BCUT2D eigenvalue weighted by atomic mass is 10.4. The van der Waals surface area contributed by atoms with E-state index in [2.05, 4.69) is 10.1 Å². The van der Waals surface area contributed by atoms with Gasteiger partial charge in [-0.05, 0) is 0 Å². The van der Waals surface area contributed by atoms with Gasteiger partial charge >= 0.3 is 5.97 Å². The van der Waals surface area contributed by atoms with E-state index in [1.807, 2.05) is 0 Å². The minimum absolute atomic E-state index is 0.239. The first-order valence-electron chi connectivity index (χ1n) is 3.00. The quantitative estimate of drug-likeness (QED) is 0.567. The van der Waals surface area contributed by atoms with Crippen molar-refractivity contribution in [3.05, 3.63) is 11.8 Å². The number of hydrogen-bond acceptors (Lipinski definition) is 3. The normalized spacial score (nSPS) is 16.5. The highest BCUT2D eigenvalue weighted by atomic mass is 19.1. The van der Waals surface area contributed by atoms with Crippen LogP contribution in [-0.2, 0) is 9.53 Å². The van der Waals surface area contributed by atoms with Gasteiger partial charge < -0.3 is 10.1 Å². The molecule has 56 valence electrons. The number of alkyl halides is 1. The van der Waals surface area contributed by atoms with Crippen molar-refractivity contribution in [2.24, 2.45) is 0 Å². The van der Waals surface area contributed by atoms with E-state index in [1.165, 1.54) is 6.08 Å². The number of hydrogen-bond donors (Lipinski definition) is 1. The fraction of sp³-hybridized carbons (Fsp3) is 0.500. The Labute approximate surface area is 57.9 Å². The zero-order valence-corrected chi connectivity index (χ0v) is 5.39. The van der Waals surface area contributed by atoms with Crippen molar-refractivity contribution in [3.63, 3.8) is 0 Å². The van der Waals surface area contributed by atoms with Gasteiger partial charge in [0.15, 0.2) is 0 Å². The molecule has 1 N–H and O–H groups in total. The Morgan fingerprint density at radius 3 is 3.10 bits per heavy atom. The van der Waals surface area contributed by atoms with Gasteiger partial charge in [-0.25, -0.2) is 9.18 Å². The molecule has 0 bridgehead atoms. The second-order valence-electron chi connectivity index (χ2n) is 1.89. The zero-order chi connectivity index (χ0) is 7.40. The highest BCUT2D eigenvalue weighted by molar-refractivity contribution is 5.85. The Morgan fingerprint density at radius 1 is 1.80 bits per heavy atom. The standard InChI is InChI=1S/C6H8FNO2/c7-1-2-8-5-3-6(9)10-4-5/h3,8H,1-2,4H2. The van der Waals surface area contributed by atoms with E-state index in [0.717, 1.165) is 0 Å². The number of cyclic esters (lactones) is 1. The van der Waals surface area contributed by atoms with Gasteiger partial charge in [0.1, 0.15) is 13.3 Å². The fourth-order valence-electron chi connectivity index (χ4n) is 0.684. The average Bonchev–Trinajstić information content (AvgIpc) is 2.31. The van der Waals surface area contributed by atoms with Crippen LogP contribution in [0.2, 0.25) is 0 Å². The van der Waals surface area contributed by atoms with Gasteiger partial charge in [0.05, 0.1) is 5.70 Å². The van der Waals surface area contributed by atoms with Crippen molar-refractivity contribution in [2.75, 3.05) is 19.8 Å². The third-order valence-corrected chi connectivity index (χ3v) is 1.11. The minimum Gasteiger partial charge on any atom is -0.456 e. The van der Waals surface area contributed by atoms with Crippen molar-refractivity contribution in [3.8, 4) is 0 Å². The molecule has 0 unspecified atom stereocenters. The predicted octanol–water partition coefficient (Wildman–Crippen LogP) is -0.0138. The van der Waals surface area contributed by atoms with E-state index in [0.29, 0.717) is 5.70 Å². The van der Waals surface area contributed by atoms with Gasteiger partial charge in [0.25, 0.3) is 0 Å². The molecule has 0 aromatic rings. The van der Waals surface area contributed by atoms with Gasteiger partial charge in [0.2, 0.25) is 0 Å². The molecule has 1 aliphatic heterocycles. The summed E-state index contributed by atoms with van der Waals surface area (Å²) >= 11 is 0. The van der Waals surface area contributed by atoms with Crippen LogP contribution in [0.4, 0.5) is 4.39 Å². The van der Waals surface area contributed by atoms with Crippen LogP contribution in [-0.4, -0.2) is 25.8 Å². The SMILES string of the molecule is O=C1C=C(NCCF)CO1. The van der Waals surface area contributed by atoms with Crippen molar-refractivity contribution in [1.82, 2.24) is 5.32 Å². The maximum absolute atomic E-state index is 11.5. The van der Waals surface area contributed by atoms with Gasteiger partial charge in [-0.3, -0.25) is 0 Å². The topological polar surface area (TPSA) is 38.3 Å². The molecule has 0 aliphatic carbocycles. The lowest BCUT2D eigenvalue weighted by Gasteiger charge is -2.00. The summed E-state index contributed by atoms with van der Waals surface area (Å²) in [7, 11) is 0. The van der Waals surface area contributed by atoms with E-state index in [9.17, 15) is 9.18 Å². The summed E-state index contributed by atoms with van der Waals surface area (Å²) in [5.74, 6) is -0.360. The van der Waals surface area contributed by atoms with Crippen molar-refractivity contribution in [2.45, 2.75) is 0 Å². The van der Waals surface area contributed by atoms with E-state index in [-0.39, 0.29) is 19.1 Å². The number of ether oxygens (including phenoxy) is 1. The second-order valence-corrected chi connectivity index (χ2v) is 1.89. The molecule has 1 aliphatic rings. The molecule has 0 amide bonds. The van der Waals surface area contributed by atoms with Crippen molar-refractivity contribution < 1.29 is 13.9 Å². The molecule has 0 aromatic heterocycles. The minimum atomic E-state index is -0.439. The summed E-state index contributed by atoms with van der Waals surface area (Å²) in [4.78, 5) is 10.4. The van der Waals surface area contributed by atoms with Crippen LogP contribution in [0.3, 0.4) is 0 Å². The first kappa shape index (κ1) is 7.05. The Balaban J connectivity index is 2.28. The lowest BCUT2D eigenvalue weighted by molar-refractivity contribution is -0.134. The number of nitrogens with one attached hydrogen (secondary N) is 1. The van der Waals surface area contributed by atoms with Crippen LogP contribution in [0.25, 0.3) is 0 Å². The number of halogens is 1. The van der Waals surface area contributed by atoms with Crippen LogP contribution in [0, 0.1) is 0 Å². The summed E-state index contributed by atoms with van der Waals surface area (Å²) < 4.78 is 16.1. The molecule has 0 fully saturated rings. The smallest absolute Gasteiger partial charge is 0.333 e. The van der Waals surface area contributed by atoms with Gasteiger partial charge in [-0.1, -0.05) is 0 Å². The Morgan fingerprint density at radius 2 is 2.60 bits per heavy atom. The van der Waals surface area contributed by atoms with Crippen LogP contribution in [0.5, 0.6) is 0 Å². The largest absolute Gasteiger partial charge is 0.456 e. The molecule has 4 heteroatoms. The highest BCUT2D eigenvalue weighted by Crippen LogP contribution is 2.00. The number of rotatable bonds is 3. The summed E-state index contributed by atoms with van der Waals surface area (Å²) in [6.07, 6.45) is 1.33. The summed E-state index contributed by atoms with van der Waals surface area (Å²) in [5.41, 5.74) is 0.655. The highest BCUT2D eigenvalue weighted by Gasteiger charge is 2.11.